The first-order valence-corrected chi connectivity index (χ1v) is 9.30. The molecule has 0 fully saturated rings. The first kappa shape index (κ1) is 21.1. The molecular formula is C16H12ClF3N4O4S. The van der Waals surface area contributed by atoms with Gasteiger partial charge in [0.15, 0.2) is 0 Å². The fraction of sp³-hybridized carbons (Fsp3) is 0.250. The van der Waals surface area contributed by atoms with Crippen LogP contribution in [0.2, 0.25) is 5.02 Å². The monoisotopic (exact) mass is 448 g/mol. The molecule has 29 heavy (non-hydrogen) atoms. The smallest absolute Gasteiger partial charge is 0.417 e. The lowest BCUT2D eigenvalue weighted by Crippen LogP contribution is -2.25. The summed E-state index contributed by atoms with van der Waals surface area (Å²) in [6.07, 6.45) is -2.89. The summed E-state index contributed by atoms with van der Waals surface area (Å²) < 4.78 is 45.5. The Balaban J connectivity index is 2.02. The van der Waals surface area contributed by atoms with Crippen LogP contribution >= 0.6 is 23.4 Å². The second-order valence-corrected chi connectivity index (χ2v) is 7.07. The highest BCUT2D eigenvalue weighted by Gasteiger charge is 2.36. The number of hydrogen-bond donors (Lipinski definition) is 3. The van der Waals surface area contributed by atoms with Gasteiger partial charge in [0.05, 0.1) is 33.0 Å². The molecule has 0 bridgehead atoms. The quantitative estimate of drug-likeness (QED) is 0.494. The van der Waals surface area contributed by atoms with Gasteiger partial charge in [-0.25, -0.2) is 14.8 Å². The molecule has 0 saturated carbocycles. The molecule has 0 aliphatic carbocycles. The van der Waals surface area contributed by atoms with Crippen LogP contribution in [0, 0.1) is 0 Å². The predicted molar refractivity (Wildman–Crippen MR) is 99.5 cm³/mol. The molecule has 0 unspecified atom stereocenters. The van der Waals surface area contributed by atoms with Gasteiger partial charge in [0.1, 0.15) is 6.10 Å². The van der Waals surface area contributed by atoms with E-state index in [0.717, 1.165) is 11.8 Å². The molecule has 1 atom stereocenters. The number of nitrogens with zero attached hydrogens (tertiary/aromatic N) is 2. The summed E-state index contributed by atoms with van der Waals surface area (Å²) >= 11 is 6.74. The molecule has 0 aliphatic heterocycles. The number of hydrogen-bond acceptors (Lipinski definition) is 7. The van der Waals surface area contributed by atoms with Crippen LogP contribution in [-0.4, -0.2) is 43.5 Å². The molecule has 2 aromatic heterocycles. The Morgan fingerprint density at radius 2 is 1.93 bits per heavy atom. The van der Waals surface area contributed by atoms with Crippen molar-refractivity contribution in [2.24, 2.45) is 0 Å². The van der Waals surface area contributed by atoms with Gasteiger partial charge in [-0.3, -0.25) is 9.78 Å². The Bertz CT molecular complexity index is 1140. The summed E-state index contributed by atoms with van der Waals surface area (Å²) in [7, 11) is 0. The van der Waals surface area contributed by atoms with Crippen molar-refractivity contribution in [1.29, 1.82) is 0 Å². The molecule has 0 saturated heterocycles. The van der Waals surface area contributed by atoms with Crippen molar-refractivity contribution >= 4 is 34.3 Å². The average molecular weight is 449 g/mol. The van der Waals surface area contributed by atoms with Crippen LogP contribution in [0.1, 0.15) is 5.56 Å². The Labute approximate surface area is 169 Å². The number of rotatable bonds is 6. The van der Waals surface area contributed by atoms with E-state index >= 15 is 0 Å². The third kappa shape index (κ3) is 4.71. The number of H-pyrrole nitrogens is 2. The third-order valence-electron chi connectivity index (χ3n) is 3.67. The second kappa shape index (κ2) is 8.43. The number of fused-ring (bicyclic) bond motifs is 1. The summed E-state index contributed by atoms with van der Waals surface area (Å²) in [5.41, 5.74) is -3.25. The van der Waals surface area contributed by atoms with E-state index in [9.17, 15) is 27.9 Å². The molecule has 8 nitrogen and oxygen atoms in total. The summed E-state index contributed by atoms with van der Waals surface area (Å²) in [5.74, 6) is -0.0697. The Hall–Kier alpha value is -2.57. The zero-order chi connectivity index (χ0) is 21.2. The number of aromatic amines is 2. The predicted octanol–water partition coefficient (Wildman–Crippen LogP) is 2.21. The minimum atomic E-state index is -4.83. The lowest BCUT2D eigenvalue weighted by molar-refractivity contribution is -0.137. The van der Waals surface area contributed by atoms with Gasteiger partial charge in [0, 0.05) is 18.1 Å². The molecule has 154 valence electrons. The highest BCUT2D eigenvalue weighted by molar-refractivity contribution is 7.99. The molecule has 1 aromatic carbocycles. The van der Waals surface area contributed by atoms with Crippen LogP contribution in [0.25, 0.3) is 10.9 Å². The zero-order valence-corrected chi connectivity index (χ0v) is 15.9. The van der Waals surface area contributed by atoms with Crippen LogP contribution < -0.4 is 16.0 Å². The normalized spacial score (nSPS) is 12.9. The van der Waals surface area contributed by atoms with Crippen molar-refractivity contribution in [3.63, 3.8) is 0 Å². The van der Waals surface area contributed by atoms with Crippen molar-refractivity contribution < 1.29 is 23.0 Å². The summed E-state index contributed by atoms with van der Waals surface area (Å²) in [5, 5.41) is 8.45. The van der Waals surface area contributed by atoms with E-state index in [1.165, 1.54) is 12.4 Å². The van der Waals surface area contributed by atoms with E-state index in [1.54, 1.807) is 6.07 Å². The number of ether oxygens (including phenoxy) is 1. The molecule has 3 N–H and O–H groups in total. The summed E-state index contributed by atoms with van der Waals surface area (Å²) in [6, 6.07) is 2.10. The standard InChI is InChI=1S/C16H12ClF3N4O4S/c17-10-9(16(18,19)20)4-8-11(23-14(27)24-13(8)26)12(10)29-6-7(5-25)28-15-21-2-1-3-22-15/h1-4,7,25H,5-6H2,(H2,23,24,26,27)/t7-/m0/s1. The SMILES string of the molecule is O=c1[nH]c(=O)c2cc(C(F)(F)F)c(Cl)c(SC[C@H](CO)Oc3ncccn3)c2[nH]1. The first-order chi connectivity index (χ1) is 13.7. The molecule has 13 heteroatoms. The second-order valence-electron chi connectivity index (χ2n) is 5.66. The number of aliphatic hydroxyl groups is 1. The number of nitrogens with one attached hydrogen (secondary N) is 2. The van der Waals surface area contributed by atoms with Gasteiger partial charge in [0.2, 0.25) is 0 Å². The van der Waals surface area contributed by atoms with Crippen LogP contribution in [0.3, 0.4) is 0 Å². The molecule has 3 rings (SSSR count). The largest absolute Gasteiger partial charge is 0.457 e. The molecule has 0 spiro atoms. The molecule has 0 amide bonds. The number of thioether (sulfide) groups is 1. The Kier molecular flexibility index (Phi) is 6.15. The number of benzene rings is 1. The Morgan fingerprint density at radius 1 is 1.24 bits per heavy atom. The third-order valence-corrected chi connectivity index (χ3v) is 5.41. The van der Waals surface area contributed by atoms with Gasteiger partial charge in [0.25, 0.3) is 5.56 Å². The molecule has 3 aromatic rings. The number of aromatic nitrogens is 4. The van der Waals surface area contributed by atoms with Gasteiger partial charge in [-0.2, -0.15) is 13.2 Å². The topological polar surface area (TPSA) is 121 Å². The highest BCUT2D eigenvalue weighted by atomic mass is 35.5. The van der Waals surface area contributed by atoms with Gasteiger partial charge in [-0.1, -0.05) is 11.6 Å². The maximum Gasteiger partial charge on any atom is 0.417 e. The van der Waals surface area contributed by atoms with E-state index in [0.29, 0.717) is 6.07 Å². The first-order valence-electron chi connectivity index (χ1n) is 7.94. The van der Waals surface area contributed by atoms with Crippen molar-refractivity contribution in [3.8, 4) is 6.01 Å². The van der Waals surface area contributed by atoms with Gasteiger partial charge in [-0.05, 0) is 12.1 Å². The van der Waals surface area contributed by atoms with Crippen molar-refractivity contribution in [3.05, 3.63) is 56.0 Å². The van der Waals surface area contributed by atoms with Crippen LogP contribution in [-0.2, 0) is 6.18 Å². The van der Waals surface area contributed by atoms with Crippen molar-refractivity contribution in [2.45, 2.75) is 17.2 Å². The van der Waals surface area contributed by atoms with E-state index in [2.05, 4.69) is 15.0 Å². The number of alkyl halides is 3. The van der Waals surface area contributed by atoms with E-state index < -0.39 is 40.7 Å². The fourth-order valence-corrected chi connectivity index (χ4v) is 3.88. The van der Waals surface area contributed by atoms with E-state index in [-0.39, 0.29) is 27.6 Å². The average Bonchev–Trinajstić information content (AvgIpc) is 2.65. The maximum absolute atomic E-state index is 13.4. The lowest BCUT2D eigenvalue weighted by Gasteiger charge is -2.18. The van der Waals surface area contributed by atoms with E-state index in [1.807, 2.05) is 4.98 Å². The van der Waals surface area contributed by atoms with Crippen LogP contribution in [0.15, 0.2) is 39.0 Å². The van der Waals surface area contributed by atoms with Gasteiger partial charge in [-0.15, -0.1) is 11.8 Å². The highest BCUT2D eigenvalue weighted by Crippen LogP contribution is 2.42. The molecular weight excluding hydrogens is 437 g/mol. The number of halogens is 4. The molecule has 0 aliphatic rings. The molecule has 0 radical (unpaired) electrons. The maximum atomic E-state index is 13.4. The summed E-state index contributed by atoms with van der Waals surface area (Å²) in [4.78, 5) is 35.3. The number of aliphatic hydroxyl groups excluding tert-OH is 1. The minimum absolute atomic E-state index is 0.0306. The zero-order valence-electron chi connectivity index (χ0n) is 14.3. The van der Waals surface area contributed by atoms with Gasteiger partial charge < -0.3 is 14.8 Å². The fourth-order valence-electron chi connectivity index (χ4n) is 2.39. The molecule has 2 heterocycles. The van der Waals surface area contributed by atoms with E-state index in [4.69, 9.17) is 16.3 Å². The van der Waals surface area contributed by atoms with Crippen molar-refractivity contribution in [2.75, 3.05) is 12.4 Å². The van der Waals surface area contributed by atoms with Crippen LogP contribution in [0.4, 0.5) is 13.2 Å². The minimum Gasteiger partial charge on any atom is -0.457 e. The lowest BCUT2D eigenvalue weighted by atomic mass is 10.1. The Morgan fingerprint density at radius 3 is 2.55 bits per heavy atom. The van der Waals surface area contributed by atoms with Gasteiger partial charge >= 0.3 is 17.9 Å². The summed E-state index contributed by atoms with van der Waals surface area (Å²) in [6.45, 7) is -0.489. The van der Waals surface area contributed by atoms with Crippen molar-refractivity contribution in [1.82, 2.24) is 19.9 Å². The van der Waals surface area contributed by atoms with Crippen LogP contribution in [0.5, 0.6) is 6.01 Å².